The molecule has 0 aromatic rings. The van der Waals surface area contributed by atoms with Gasteiger partial charge in [0.05, 0.1) is 6.61 Å². The van der Waals surface area contributed by atoms with Gasteiger partial charge in [-0.2, -0.15) is 0 Å². The summed E-state index contributed by atoms with van der Waals surface area (Å²) in [7, 11) is 1.71. The van der Waals surface area contributed by atoms with Crippen LogP contribution in [0, 0.1) is 0 Å². The Morgan fingerprint density at radius 3 is 2.42 bits per heavy atom. The summed E-state index contributed by atoms with van der Waals surface area (Å²) < 4.78 is 5.00. The Bertz CT molecular complexity index is 88.5. The summed E-state index contributed by atoms with van der Waals surface area (Å²) in [6.45, 7) is 7.27. The molecule has 74 valence electrons. The molecule has 0 aliphatic rings. The van der Waals surface area contributed by atoms with Gasteiger partial charge in [0.15, 0.2) is 0 Å². The van der Waals surface area contributed by atoms with Crippen LogP contribution in [0.5, 0.6) is 0 Å². The van der Waals surface area contributed by atoms with Crippen molar-refractivity contribution >= 4 is 0 Å². The number of aliphatic hydroxyl groups excluding tert-OH is 1. The Morgan fingerprint density at radius 2 is 2.00 bits per heavy atom. The first kappa shape index (κ1) is 11.9. The zero-order chi connectivity index (χ0) is 9.40. The van der Waals surface area contributed by atoms with E-state index in [1.54, 1.807) is 7.11 Å². The summed E-state index contributed by atoms with van der Waals surface area (Å²) in [5.41, 5.74) is 0. The van der Waals surface area contributed by atoms with Crippen molar-refractivity contribution in [3.8, 4) is 0 Å². The average Bonchev–Trinajstić information content (AvgIpc) is 2.04. The second kappa shape index (κ2) is 7.53. The van der Waals surface area contributed by atoms with Gasteiger partial charge in [-0.1, -0.05) is 0 Å². The molecule has 0 saturated carbocycles. The van der Waals surface area contributed by atoms with Crippen LogP contribution >= 0.6 is 0 Å². The van der Waals surface area contributed by atoms with Gasteiger partial charge in [0, 0.05) is 32.8 Å². The lowest BCUT2D eigenvalue weighted by Crippen LogP contribution is -2.35. The molecular weight excluding hydrogens is 154 g/mol. The Labute approximate surface area is 75.3 Å². The predicted octanol–water partition coefficient (Wildman–Crippen LogP) is 0.726. The lowest BCUT2D eigenvalue weighted by atomic mass is 10.3. The number of ether oxygens (including phenoxy) is 1. The van der Waals surface area contributed by atoms with E-state index in [-0.39, 0.29) is 6.61 Å². The molecule has 0 saturated heterocycles. The average molecular weight is 175 g/mol. The number of hydrogen-bond acceptors (Lipinski definition) is 3. The first-order valence-corrected chi connectivity index (χ1v) is 4.56. The molecule has 0 amide bonds. The molecule has 0 fully saturated rings. The monoisotopic (exact) mass is 175 g/mol. The minimum absolute atomic E-state index is 0.274. The summed E-state index contributed by atoms with van der Waals surface area (Å²) in [4.78, 5) is 2.31. The fourth-order valence-corrected chi connectivity index (χ4v) is 1.11. The Kier molecular flexibility index (Phi) is 7.45. The maximum atomic E-state index is 8.66. The molecule has 0 unspecified atom stereocenters. The first-order chi connectivity index (χ1) is 5.72. The maximum absolute atomic E-state index is 8.66. The van der Waals surface area contributed by atoms with Gasteiger partial charge in [-0.15, -0.1) is 0 Å². The van der Waals surface area contributed by atoms with E-state index in [4.69, 9.17) is 9.84 Å². The molecule has 0 aliphatic heterocycles. The van der Waals surface area contributed by atoms with Crippen molar-refractivity contribution in [3.05, 3.63) is 0 Å². The zero-order valence-corrected chi connectivity index (χ0v) is 8.42. The summed E-state index contributed by atoms with van der Waals surface area (Å²) in [5.74, 6) is 0. The zero-order valence-electron chi connectivity index (χ0n) is 8.42. The molecule has 0 rings (SSSR count). The van der Waals surface area contributed by atoms with Crippen LogP contribution in [0.3, 0.4) is 0 Å². The van der Waals surface area contributed by atoms with E-state index in [0.29, 0.717) is 6.04 Å². The van der Waals surface area contributed by atoms with Gasteiger partial charge in [0.1, 0.15) is 0 Å². The summed E-state index contributed by atoms with van der Waals surface area (Å²) >= 11 is 0. The highest BCUT2D eigenvalue weighted by molar-refractivity contribution is 4.61. The molecule has 0 spiro atoms. The van der Waals surface area contributed by atoms with Crippen LogP contribution in [0.25, 0.3) is 0 Å². The molecule has 0 radical (unpaired) electrons. The minimum atomic E-state index is 0.274. The third-order valence-corrected chi connectivity index (χ3v) is 1.92. The smallest absolute Gasteiger partial charge is 0.0589 e. The molecule has 0 heterocycles. The van der Waals surface area contributed by atoms with Crippen LogP contribution < -0.4 is 0 Å². The maximum Gasteiger partial charge on any atom is 0.0589 e. The normalized spacial score (nSPS) is 11.5. The number of methoxy groups -OCH3 is 1. The van der Waals surface area contributed by atoms with E-state index in [0.717, 1.165) is 26.1 Å². The minimum Gasteiger partial charge on any atom is -0.396 e. The summed E-state index contributed by atoms with van der Waals surface area (Å²) in [5, 5.41) is 8.66. The van der Waals surface area contributed by atoms with Crippen molar-refractivity contribution in [1.82, 2.24) is 4.90 Å². The third kappa shape index (κ3) is 5.52. The number of aliphatic hydroxyl groups is 1. The van der Waals surface area contributed by atoms with E-state index in [1.165, 1.54) is 0 Å². The fourth-order valence-electron chi connectivity index (χ4n) is 1.11. The van der Waals surface area contributed by atoms with Gasteiger partial charge >= 0.3 is 0 Å². The van der Waals surface area contributed by atoms with E-state index in [9.17, 15) is 0 Å². The van der Waals surface area contributed by atoms with Crippen LogP contribution in [-0.2, 0) is 4.74 Å². The van der Waals surface area contributed by atoms with E-state index < -0.39 is 0 Å². The molecule has 0 atom stereocenters. The first-order valence-electron chi connectivity index (χ1n) is 4.56. The molecule has 0 aliphatic carbocycles. The lowest BCUT2D eigenvalue weighted by Gasteiger charge is -2.25. The van der Waals surface area contributed by atoms with Crippen molar-refractivity contribution < 1.29 is 9.84 Å². The summed E-state index contributed by atoms with van der Waals surface area (Å²) in [6.07, 6.45) is 0.849. The second-order valence-electron chi connectivity index (χ2n) is 3.20. The third-order valence-electron chi connectivity index (χ3n) is 1.92. The van der Waals surface area contributed by atoms with Crippen molar-refractivity contribution in [2.24, 2.45) is 0 Å². The van der Waals surface area contributed by atoms with E-state index in [2.05, 4.69) is 18.7 Å². The fraction of sp³-hybridized carbons (Fsp3) is 1.00. The molecule has 0 bridgehead atoms. The predicted molar refractivity (Wildman–Crippen MR) is 50.3 cm³/mol. The Hall–Kier alpha value is -0.120. The van der Waals surface area contributed by atoms with Gasteiger partial charge in [-0.3, -0.25) is 4.90 Å². The lowest BCUT2D eigenvalue weighted by molar-refractivity contribution is 0.122. The summed E-state index contributed by atoms with van der Waals surface area (Å²) in [6, 6.07) is 0.534. The van der Waals surface area contributed by atoms with Gasteiger partial charge < -0.3 is 9.84 Å². The number of rotatable bonds is 7. The van der Waals surface area contributed by atoms with Crippen molar-refractivity contribution in [2.45, 2.75) is 26.3 Å². The molecule has 12 heavy (non-hydrogen) atoms. The Morgan fingerprint density at radius 1 is 1.33 bits per heavy atom. The van der Waals surface area contributed by atoms with Gasteiger partial charge in [0.25, 0.3) is 0 Å². The molecule has 0 aromatic heterocycles. The van der Waals surface area contributed by atoms with Gasteiger partial charge in [-0.25, -0.2) is 0 Å². The largest absolute Gasteiger partial charge is 0.396 e. The van der Waals surface area contributed by atoms with E-state index in [1.807, 2.05) is 0 Å². The van der Waals surface area contributed by atoms with Crippen molar-refractivity contribution in [1.29, 1.82) is 0 Å². The highest BCUT2D eigenvalue weighted by atomic mass is 16.5. The van der Waals surface area contributed by atoms with Crippen LogP contribution in [0.2, 0.25) is 0 Å². The number of hydrogen-bond donors (Lipinski definition) is 1. The molecule has 0 aromatic carbocycles. The quantitative estimate of drug-likeness (QED) is 0.619. The topological polar surface area (TPSA) is 32.7 Å². The highest BCUT2D eigenvalue weighted by Gasteiger charge is 2.07. The molecule has 1 N–H and O–H groups in total. The van der Waals surface area contributed by atoms with Crippen LogP contribution in [-0.4, -0.2) is 49.5 Å². The molecule has 3 nitrogen and oxygen atoms in total. The molecular formula is C9H21NO2. The molecule has 3 heteroatoms. The Balaban J connectivity index is 3.55. The van der Waals surface area contributed by atoms with E-state index >= 15 is 0 Å². The highest BCUT2D eigenvalue weighted by Crippen LogP contribution is 1.98. The number of nitrogens with zero attached hydrogens (tertiary/aromatic N) is 1. The van der Waals surface area contributed by atoms with Crippen molar-refractivity contribution in [2.75, 3.05) is 33.4 Å². The van der Waals surface area contributed by atoms with Gasteiger partial charge in [-0.05, 0) is 20.3 Å². The van der Waals surface area contributed by atoms with Crippen LogP contribution in [0.1, 0.15) is 20.3 Å². The van der Waals surface area contributed by atoms with Crippen LogP contribution in [0.15, 0.2) is 0 Å². The standard InChI is InChI=1S/C9H21NO2/c1-9(2)10(5-4-7-11)6-8-12-3/h9,11H,4-8H2,1-3H3. The van der Waals surface area contributed by atoms with Crippen LogP contribution in [0.4, 0.5) is 0 Å². The van der Waals surface area contributed by atoms with Crippen molar-refractivity contribution in [3.63, 3.8) is 0 Å². The SMILES string of the molecule is COCCN(CCCO)C(C)C. The second-order valence-corrected chi connectivity index (χ2v) is 3.20. The van der Waals surface area contributed by atoms with Gasteiger partial charge in [0.2, 0.25) is 0 Å².